The Morgan fingerprint density at radius 1 is 1.20 bits per heavy atom. The number of benzene rings is 1. The lowest BCUT2D eigenvalue weighted by Crippen LogP contribution is -2.27. The molecule has 0 bridgehead atoms. The van der Waals surface area contributed by atoms with Gasteiger partial charge >= 0.3 is 0 Å². The molecule has 0 atom stereocenters. The van der Waals surface area contributed by atoms with Gasteiger partial charge in [0.25, 0.3) is 5.19 Å². The summed E-state index contributed by atoms with van der Waals surface area (Å²) in [6, 6.07) is 8.21. The number of hydrogen-bond donors (Lipinski definition) is 0. The van der Waals surface area contributed by atoms with Crippen LogP contribution >= 0.6 is 23.1 Å². The van der Waals surface area contributed by atoms with E-state index in [9.17, 15) is 4.79 Å². The Hall–Kier alpha value is -1.80. The second-order valence-corrected chi connectivity index (χ2v) is 8.26. The van der Waals surface area contributed by atoms with E-state index in [1.165, 1.54) is 23.1 Å². The Labute approximate surface area is 157 Å². The number of amides is 1. The number of rotatable bonds is 8. The first-order valence-electron chi connectivity index (χ1n) is 7.98. The summed E-state index contributed by atoms with van der Waals surface area (Å²) < 4.78 is 6.23. The summed E-state index contributed by atoms with van der Waals surface area (Å²) in [4.78, 5) is 16.1. The van der Waals surface area contributed by atoms with Crippen LogP contribution in [0.2, 0.25) is 0 Å². The zero-order chi connectivity index (χ0) is 18.4. The Bertz CT molecular complexity index is 686. The molecule has 0 saturated carbocycles. The molecule has 0 aliphatic heterocycles. The van der Waals surface area contributed by atoms with Crippen molar-refractivity contribution in [2.75, 3.05) is 31.8 Å². The molecule has 1 aromatic carbocycles. The summed E-state index contributed by atoms with van der Waals surface area (Å²) in [5, 5.41) is 8.55. The van der Waals surface area contributed by atoms with Gasteiger partial charge in [0.1, 0.15) is 0 Å². The number of carbonyl (C=O) groups excluding carboxylic acids is 1. The van der Waals surface area contributed by atoms with Gasteiger partial charge in [-0.15, -0.1) is 5.10 Å². The standard InChI is InChI=1S/C17H24N4O2S2/c1-12(2)23-16-18-19-17(25-16)24-11-15(22)21(5)10-13-6-8-14(9-7-13)20(3)4/h6-9,12H,10-11H2,1-5H3. The molecule has 0 aliphatic rings. The van der Waals surface area contributed by atoms with E-state index < -0.39 is 0 Å². The normalized spacial score (nSPS) is 10.8. The highest BCUT2D eigenvalue weighted by atomic mass is 32.2. The van der Waals surface area contributed by atoms with Crippen molar-refractivity contribution >= 4 is 34.7 Å². The van der Waals surface area contributed by atoms with Crippen molar-refractivity contribution in [1.82, 2.24) is 15.1 Å². The minimum absolute atomic E-state index is 0.0585. The third kappa shape index (κ3) is 6.21. The van der Waals surface area contributed by atoms with Crippen LogP contribution < -0.4 is 9.64 Å². The quantitative estimate of drug-likeness (QED) is 0.656. The molecule has 8 heteroatoms. The topological polar surface area (TPSA) is 58.6 Å². The number of nitrogens with zero attached hydrogens (tertiary/aromatic N) is 4. The van der Waals surface area contributed by atoms with E-state index in [-0.39, 0.29) is 12.0 Å². The number of aromatic nitrogens is 2. The SMILES string of the molecule is CC(C)Oc1nnc(SCC(=O)N(C)Cc2ccc(N(C)C)cc2)s1. The maximum Gasteiger partial charge on any atom is 0.295 e. The van der Waals surface area contributed by atoms with Crippen LogP contribution in [0.15, 0.2) is 28.6 Å². The highest BCUT2D eigenvalue weighted by Gasteiger charge is 2.13. The van der Waals surface area contributed by atoms with Crippen molar-refractivity contribution < 1.29 is 9.53 Å². The van der Waals surface area contributed by atoms with E-state index in [4.69, 9.17) is 4.74 Å². The van der Waals surface area contributed by atoms with Crippen LogP contribution in [0.25, 0.3) is 0 Å². The smallest absolute Gasteiger partial charge is 0.295 e. The summed E-state index contributed by atoms with van der Waals surface area (Å²) in [5.74, 6) is 0.394. The fourth-order valence-electron chi connectivity index (χ4n) is 2.00. The van der Waals surface area contributed by atoms with Crippen LogP contribution in [0.1, 0.15) is 19.4 Å². The Morgan fingerprint density at radius 2 is 1.88 bits per heavy atom. The zero-order valence-corrected chi connectivity index (χ0v) is 16.9. The third-order valence-electron chi connectivity index (χ3n) is 3.34. The second kappa shape index (κ2) is 9.05. The highest BCUT2D eigenvalue weighted by molar-refractivity contribution is 8.01. The number of anilines is 1. The number of thioether (sulfide) groups is 1. The fraction of sp³-hybridized carbons (Fsp3) is 0.471. The minimum atomic E-state index is 0.0585. The molecule has 0 aliphatic carbocycles. The Kier molecular flexibility index (Phi) is 7.07. The van der Waals surface area contributed by atoms with Crippen molar-refractivity contribution in [2.24, 2.45) is 0 Å². The van der Waals surface area contributed by atoms with Gasteiger partial charge in [-0.2, -0.15) is 0 Å². The van der Waals surface area contributed by atoms with Crippen LogP contribution in [0, 0.1) is 0 Å². The van der Waals surface area contributed by atoms with Gasteiger partial charge in [0, 0.05) is 33.4 Å². The van der Waals surface area contributed by atoms with Gasteiger partial charge in [0.15, 0.2) is 4.34 Å². The molecule has 2 rings (SSSR count). The van der Waals surface area contributed by atoms with Gasteiger partial charge in [-0.1, -0.05) is 29.0 Å². The Balaban J connectivity index is 1.82. The maximum atomic E-state index is 12.3. The molecule has 0 unspecified atom stereocenters. The van der Waals surface area contributed by atoms with E-state index in [0.717, 1.165) is 15.6 Å². The summed E-state index contributed by atoms with van der Waals surface area (Å²) >= 11 is 2.76. The molecule has 1 heterocycles. The lowest BCUT2D eigenvalue weighted by atomic mass is 10.2. The molecule has 2 aromatic rings. The maximum absolute atomic E-state index is 12.3. The molecule has 1 aromatic heterocycles. The number of hydrogen-bond acceptors (Lipinski definition) is 7. The predicted molar refractivity (Wildman–Crippen MR) is 104 cm³/mol. The van der Waals surface area contributed by atoms with E-state index >= 15 is 0 Å². The molecular formula is C17H24N4O2S2. The first-order valence-corrected chi connectivity index (χ1v) is 9.78. The van der Waals surface area contributed by atoms with E-state index in [2.05, 4.69) is 27.2 Å². The van der Waals surface area contributed by atoms with Crippen LogP contribution in [0.5, 0.6) is 5.19 Å². The van der Waals surface area contributed by atoms with Crippen molar-refractivity contribution in [3.8, 4) is 5.19 Å². The fourth-order valence-corrected chi connectivity index (χ4v) is 3.75. The van der Waals surface area contributed by atoms with Crippen LogP contribution in [0.3, 0.4) is 0 Å². The molecule has 0 radical (unpaired) electrons. The molecule has 0 fully saturated rings. The van der Waals surface area contributed by atoms with Crippen molar-refractivity contribution in [2.45, 2.75) is 30.8 Å². The van der Waals surface area contributed by atoms with E-state index in [1.54, 1.807) is 4.90 Å². The van der Waals surface area contributed by atoms with Gasteiger partial charge in [-0.25, -0.2) is 0 Å². The third-order valence-corrected chi connectivity index (χ3v) is 5.27. The first-order chi connectivity index (χ1) is 11.8. The molecule has 0 spiro atoms. The van der Waals surface area contributed by atoms with Crippen LogP contribution in [-0.4, -0.2) is 54.0 Å². The number of ether oxygens (including phenoxy) is 1. The van der Waals surface area contributed by atoms with Gasteiger partial charge in [0.2, 0.25) is 5.91 Å². The van der Waals surface area contributed by atoms with Gasteiger partial charge in [0.05, 0.1) is 11.9 Å². The highest BCUT2D eigenvalue weighted by Crippen LogP contribution is 2.27. The minimum Gasteiger partial charge on any atom is -0.466 e. The first kappa shape index (κ1) is 19.5. The van der Waals surface area contributed by atoms with Gasteiger partial charge < -0.3 is 14.5 Å². The molecule has 136 valence electrons. The van der Waals surface area contributed by atoms with Crippen molar-refractivity contribution in [1.29, 1.82) is 0 Å². The molecule has 25 heavy (non-hydrogen) atoms. The molecule has 0 saturated heterocycles. The number of carbonyl (C=O) groups is 1. The van der Waals surface area contributed by atoms with Crippen LogP contribution in [-0.2, 0) is 11.3 Å². The van der Waals surface area contributed by atoms with E-state index in [0.29, 0.717) is 17.5 Å². The zero-order valence-electron chi connectivity index (χ0n) is 15.2. The Morgan fingerprint density at radius 3 is 2.48 bits per heavy atom. The van der Waals surface area contributed by atoms with Gasteiger partial charge in [-0.05, 0) is 42.9 Å². The lowest BCUT2D eigenvalue weighted by molar-refractivity contribution is -0.127. The largest absolute Gasteiger partial charge is 0.466 e. The second-order valence-electron chi connectivity index (χ2n) is 6.10. The summed E-state index contributed by atoms with van der Waals surface area (Å²) in [6.07, 6.45) is 0.0671. The lowest BCUT2D eigenvalue weighted by Gasteiger charge is -2.18. The predicted octanol–water partition coefficient (Wildman–Crippen LogP) is 3.14. The summed E-state index contributed by atoms with van der Waals surface area (Å²) in [6.45, 7) is 4.47. The van der Waals surface area contributed by atoms with Crippen molar-refractivity contribution in [3.63, 3.8) is 0 Å². The van der Waals surface area contributed by atoms with Gasteiger partial charge in [-0.3, -0.25) is 4.79 Å². The van der Waals surface area contributed by atoms with Crippen molar-refractivity contribution in [3.05, 3.63) is 29.8 Å². The molecule has 1 amide bonds. The van der Waals surface area contributed by atoms with E-state index in [1.807, 2.05) is 47.1 Å². The monoisotopic (exact) mass is 380 g/mol. The molecular weight excluding hydrogens is 356 g/mol. The average Bonchev–Trinajstić information content (AvgIpc) is 2.99. The summed E-state index contributed by atoms with van der Waals surface area (Å²) in [5.41, 5.74) is 2.25. The summed E-state index contributed by atoms with van der Waals surface area (Å²) in [7, 11) is 5.83. The molecule has 0 N–H and O–H groups in total. The molecule has 6 nitrogen and oxygen atoms in total. The van der Waals surface area contributed by atoms with Crippen LogP contribution in [0.4, 0.5) is 5.69 Å². The average molecular weight is 381 g/mol.